The van der Waals surface area contributed by atoms with Gasteiger partial charge in [-0.1, -0.05) is 124 Å². The topological polar surface area (TPSA) is 48.5 Å². The fourth-order valence-electron chi connectivity index (χ4n) is 7.02. The molecule has 0 aliphatic rings. The number of rotatable bonds is 4. The summed E-state index contributed by atoms with van der Waals surface area (Å²) in [6, 6.07) is 51.3. The maximum atomic E-state index is 5.15. The first-order chi connectivity index (χ1) is 23.5. The van der Waals surface area contributed by atoms with Crippen molar-refractivity contribution < 1.29 is 0 Å². The van der Waals surface area contributed by atoms with E-state index >= 15 is 0 Å². The Morgan fingerprint density at radius 1 is 0.458 bits per heavy atom. The lowest BCUT2D eigenvalue weighted by Gasteiger charge is -2.19. The number of aromatic nitrogens is 5. The highest BCUT2D eigenvalue weighted by Crippen LogP contribution is 2.43. The third-order valence-corrected chi connectivity index (χ3v) is 9.21. The smallest absolute Gasteiger partial charge is 0.165 e. The third kappa shape index (κ3) is 4.35. The maximum Gasteiger partial charge on any atom is 0.165 e. The van der Waals surface area contributed by atoms with Crippen LogP contribution in [0.4, 0.5) is 0 Å². The monoisotopic (exact) mass is 619 g/mol. The molecule has 0 saturated carbocycles. The van der Waals surface area contributed by atoms with Crippen LogP contribution < -0.4 is 0 Å². The summed E-state index contributed by atoms with van der Waals surface area (Å²) < 4.78 is 4.80. The van der Waals surface area contributed by atoms with Crippen LogP contribution in [-0.4, -0.2) is 24.1 Å². The summed E-state index contributed by atoms with van der Waals surface area (Å²) in [5.41, 5.74) is 8.46. The Bertz CT molecular complexity index is 2640. The second-order valence-electron chi connectivity index (χ2n) is 13.3. The molecule has 9 rings (SSSR count). The van der Waals surface area contributed by atoms with Crippen LogP contribution in [0.3, 0.4) is 0 Å². The Labute approximate surface area is 278 Å². The lowest BCUT2D eigenvalue weighted by molar-refractivity contribution is 0.543. The summed E-state index contributed by atoms with van der Waals surface area (Å²) in [6.07, 6.45) is 0. The molecule has 0 spiro atoms. The van der Waals surface area contributed by atoms with Gasteiger partial charge in [-0.15, -0.1) is 0 Å². The van der Waals surface area contributed by atoms with Crippen molar-refractivity contribution in [1.29, 1.82) is 0 Å². The number of fused-ring (bicyclic) bond motifs is 7. The summed E-state index contributed by atoms with van der Waals surface area (Å²) in [4.78, 5) is 15.2. The van der Waals surface area contributed by atoms with Gasteiger partial charge < -0.3 is 9.13 Å². The van der Waals surface area contributed by atoms with E-state index in [9.17, 15) is 0 Å². The molecule has 0 aliphatic heterocycles. The summed E-state index contributed by atoms with van der Waals surface area (Å²) >= 11 is 0. The van der Waals surface area contributed by atoms with Crippen LogP contribution in [0.15, 0.2) is 146 Å². The minimum atomic E-state index is -0.269. The molecule has 0 amide bonds. The van der Waals surface area contributed by atoms with Gasteiger partial charge in [-0.25, -0.2) is 15.0 Å². The number of benzene rings is 6. The molecule has 0 unspecified atom stereocenters. The molecule has 0 saturated heterocycles. The van der Waals surface area contributed by atoms with E-state index in [1.165, 1.54) is 32.6 Å². The van der Waals surface area contributed by atoms with Gasteiger partial charge in [0.2, 0.25) is 0 Å². The van der Waals surface area contributed by atoms with E-state index in [1.54, 1.807) is 0 Å². The molecule has 5 heteroatoms. The van der Waals surface area contributed by atoms with Crippen LogP contribution in [-0.2, 0) is 5.41 Å². The number of para-hydroxylation sites is 4. The Morgan fingerprint density at radius 3 is 1.81 bits per heavy atom. The molecule has 230 valence electrons. The van der Waals surface area contributed by atoms with E-state index in [-0.39, 0.29) is 5.41 Å². The zero-order chi connectivity index (χ0) is 32.4. The van der Waals surface area contributed by atoms with Gasteiger partial charge in [0.1, 0.15) is 5.82 Å². The predicted molar refractivity (Wildman–Crippen MR) is 198 cm³/mol. The van der Waals surface area contributed by atoms with Crippen molar-refractivity contribution >= 4 is 43.6 Å². The van der Waals surface area contributed by atoms with E-state index in [4.69, 9.17) is 15.0 Å². The fraction of sp³-hybridized carbons (Fsp3) is 0.0930. The molecule has 48 heavy (non-hydrogen) atoms. The van der Waals surface area contributed by atoms with Crippen molar-refractivity contribution in [1.82, 2.24) is 24.1 Å². The Kier molecular flexibility index (Phi) is 6.31. The van der Waals surface area contributed by atoms with Gasteiger partial charge >= 0.3 is 0 Å². The van der Waals surface area contributed by atoms with Crippen LogP contribution in [0, 0.1) is 0 Å². The molecule has 0 N–H and O–H groups in total. The number of nitrogens with zero attached hydrogens (tertiary/aromatic N) is 5. The van der Waals surface area contributed by atoms with Gasteiger partial charge in [0, 0.05) is 43.8 Å². The van der Waals surface area contributed by atoms with Crippen LogP contribution in [0.1, 0.15) is 26.6 Å². The minimum absolute atomic E-state index is 0.269. The Balaban J connectivity index is 1.41. The summed E-state index contributed by atoms with van der Waals surface area (Å²) in [7, 11) is 0. The fourth-order valence-corrected chi connectivity index (χ4v) is 7.02. The molecule has 0 atom stereocenters. The van der Waals surface area contributed by atoms with Gasteiger partial charge in [0.25, 0.3) is 0 Å². The largest absolute Gasteiger partial charge is 0.309 e. The molecule has 9 aromatic rings. The van der Waals surface area contributed by atoms with Crippen LogP contribution in [0.2, 0.25) is 0 Å². The molecule has 0 bridgehead atoms. The van der Waals surface area contributed by atoms with Gasteiger partial charge in [0.05, 0.1) is 27.8 Å². The molecule has 0 aliphatic carbocycles. The van der Waals surface area contributed by atoms with E-state index < -0.39 is 0 Å². The van der Waals surface area contributed by atoms with Crippen molar-refractivity contribution in [3.8, 4) is 34.2 Å². The first-order valence-electron chi connectivity index (χ1n) is 16.4. The van der Waals surface area contributed by atoms with E-state index in [1.807, 2.05) is 18.2 Å². The van der Waals surface area contributed by atoms with Crippen molar-refractivity contribution in [2.75, 3.05) is 0 Å². The highest BCUT2D eigenvalue weighted by atomic mass is 15.1. The highest BCUT2D eigenvalue weighted by molar-refractivity contribution is 6.26. The molecule has 0 fully saturated rings. The molecular formula is C43H33N5. The van der Waals surface area contributed by atoms with Gasteiger partial charge in [-0.2, -0.15) is 0 Å². The van der Waals surface area contributed by atoms with Gasteiger partial charge in [-0.3, -0.25) is 0 Å². The molecular weight excluding hydrogens is 587 g/mol. The van der Waals surface area contributed by atoms with Crippen molar-refractivity contribution in [2.24, 2.45) is 0 Å². The standard InChI is InChI=1S/C43H33N5/c1-43(2,3)42-45-40(28-16-6-4-7-17-28)44-41(46-42)33-22-12-15-25-36(33)48-34-23-13-10-20-30(34)31-26-27-37-38(39(31)48)32-21-11-14-24-35(32)47(37)29-18-8-5-9-19-29/h4-27H,1-3H3. The predicted octanol–water partition coefficient (Wildman–Crippen LogP) is 10.7. The third-order valence-electron chi connectivity index (χ3n) is 9.21. The maximum absolute atomic E-state index is 5.15. The zero-order valence-electron chi connectivity index (χ0n) is 27.1. The first-order valence-corrected chi connectivity index (χ1v) is 16.4. The number of hydrogen-bond acceptors (Lipinski definition) is 3. The molecule has 3 heterocycles. The van der Waals surface area contributed by atoms with Crippen LogP contribution >= 0.6 is 0 Å². The van der Waals surface area contributed by atoms with E-state index in [2.05, 4.69) is 157 Å². The van der Waals surface area contributed by atoms with Gasteiger partial charge in [-0.05, 0) is 42.5 Å². The number of hydrogen-bond donors (Lipinski definition) is 0. The average molecular weight is 620 g/mol. The molecule has 3 aromatic heterocycles. The van der Waals surface area contributed by atoms with Crippen molar-refractivity contribution in [3.05, 3.63) is 151 Å². The van der Waals surface area contributed by atoms with Crippen molar-refractivity contribution in [3.63, 3.8) is 0 Å². The lowest BCUT2D eigenvalue weighted by atomic mass is 9.95. The summed E-state index contributed by atoms with van der Waals surface area (Å²) in [5, 5.41) is 4.84. The van der Waals surface area contributed by atoms with Crippen molar-refractivity contribution in [2.45, 2.75) is 26.2 Å². The highest BCUT2D eigenvalue weighted by Gasteiger charge is 2.25. The van der Waals surface area contributed by atoms with Gasteiger partial charge in [0.15, 0.2) is 11.6 Å². The normalized spacial score (nSPS) is 12.1. The average Bonchev–Trinajstić information content (AvgIpc) is 3.65. The van der Waals surface area contributed by atoms with Crippen LogP contribution in [0.5, 0.6) is 0 Å². The minimum Gasteiger partial charge on any atom is -0.309 e. The van der Waals surface area contributed by atoms with E-state index in [0.717, 1.165) is 39.4 Å². The molecule has 5 nitrogen and oxygen atoms in total. The van der Waals surface area contributed by atoms with E-state index in [0.29, 0.717) is 11.6 Å². The first kappa shape index (κ1) is 28.2. The molecule has 0 radical (unpaired) electrons. The second kappa shape index (κ2) is 10.7. The summed E-state index contributed by atoms with van der Waals surface area (Å²) in [5.74, 6) is 2.10. The molecule has 6 aromatic carbocycles. The van der Waals surface area contributed by atoms with Crippen LogP contribution in [0.25, 0.3) is 77.8 Å². The Hall–Kier alpha value is -6.07. The lowest BCUT2D eigenvalue weighted by Crippen LogP contribution is -2.18. The summed E-state index contributed by atoms with van der Waals surface area (Å²) in [6.45, 7) is 6.46. The SMILES string of the molecule is CC(C)(C)c1nc(-c2ccccc2)nc(-c2ccccc2-n2c3ccccc3c3ccc4c(c5ccccc5n4-c4ccccc4)c32)n1. The zero-order valence-corrected chi connectivity index (χ0v) is 27.1. The Morgan fingerprint density at radius 2 is 1.06 bits per heavy atom. The quantitative estimate of drug-likeness (QED) is 0.197. The second-order valence-corrected chi connectivity index (χ2v) is 13.3.